The van der Waals surface area contributed by atoms with Gasteiger partial charge >= 0.3 is 0 Å². The second kappa shape index (κ2) is 11.6. The van der Waals surface area contributed by atoms with Crippen LogP contribution in [0.1, 0.15) is 41.9 Å². The number of methoxy groups -OCH3 is 1. The molecule has 3 aromatic carbocycles. The number of carbonyl (C=O) groups is 1. The average Bonchev–Trinajstić information content (AvgIpc) is 3.23. The van der Waals surface area contributed by atoms with Crippen LogP contribution in [0.15, 0.2) is 60.7 Å². The lowest BCUT2D eigenvalue weighted by atomic mass is 10.0. The van der Waals surface area contributed by atoms with Gasteiger partial charge in [0, 0.05) is 7.11 Å². The zero-order valence-electron chi connectivity index (χ0n) is 22.7. The summed E-state index contributed by atoms with van der Waals surface area (Å²) in [4.78, 5) is 20.8. The number of benzene rings is 3. The number of carbonyl (C=O) groups excluding carboxylic acids is 1. The van der Waals surface area contributed by atoms with Crippen LogP contribution in [-0.2, 0) is 29.1 Å². The van der Waals surface area contributed by atoms with Gasteiger partial charge in [-0.1, -0.05) is 49.4 Å². The Morgan fingerprint density at radius 2 is 1.81 bits per heavy atom. The van der Waals surface area contributed by atoms with E-state index in [2.05, 4.69) is 38.1 Å². The van der Waals surface area contributed by atoms with Gasteiger partial charge in [0.1, 0.15) is 24.7 Å². The van der Waals surface area contributed by atoms with E-state index in [1.807, 2.05) is 66.6 Å². The number of nitrogens with zero attached hydrogens (tertiary/aromatic N) is 3. The topological polar surface area (TPSA) is 56.6 Å². The Labute approximate surface area is 219 Å². The van der Waals surface area contributed by atoms with Crippen LogP contribution in [0, 0.1) is 20.8 Å². The Hall–Kier alpha value is -3.64. The highest BCUT2D eigenvalue weighted by Crippen LogP contribution is 2.29. The number of para-hydroxylation sites is 3. The van der Waals surface area contributed by atoms with Crippen molar-refractivity contribution in [2.75, 3.05) is 18.6 Å². The third-order valence-electron chi connectivity index (χ3n) is 6.79. The Bertz CT molecular complexity index is 1390. The van der Waals surface area contributed by atoms with Crippen LogP contribution in [0.2, 0.25) is 0 Å². The number of aromatic nitrogens is 2. The standard InChI is InChI=1S/C31H37N3O3/c1-7-25-12-10-11-23(4)31(25)34(24(5)19-36-6)30(35)18-33-27-14-9-8-13-26(27)32-29(33)20-37-28-17-21(2)15-16-22(28)3/h8-17,24H,7,18-20H2,1-6H3. The molecule has 1 amide bonds. The van der Waals surface area contributed by atoms with Crippen molar-refractivity contribution in [3.05, 3.63) is 88.7 Å². The summed E-state index contributed by atoms with van der Waals surface area (Å²) in [5.41, 5.74) is 7.14. The Kier molecular flexibility index (Phi) is 8.29. The monoisotopic (exact) mass is 499 g/mol. The van der Waals surface area contributed by atoms with E-state index in [0.717, 1.165) is 57.0 Å². The number of anilines is 1. The van der Waals surface area contributed by atoms with E-state index in [-0.39, 0.29) is 25.1 Å². The lowest BCUT2D eigenvalue weighted by molar-refractivity contribution is -0.119. The largest absolute Gasteiger partial charge is 0.485 e. The van der Waals surface area contributed by atoms with E-state index in [0.29, 0.717) is 6.61 Å². The molecule has 0 N–H and O–H groups in total. The molecule has 4 rings (SSSR count). The molecule has 0 saturated carbocycles. The maximum atomic E-state index is 14.1. The van der Waals surface area contributed by atoms with Crippen molar-refractivity contribution in [2.24, 2.45) is 0 Å². The molecule has 1 aromatic heterocycles. The zero-order chi connectivity index (χ0) is 26.5. The maximum absolute atomic E-state index is 14.1. The smallest absolute Gasteiger partial charge is 0.247 e. The second-order valence-electron chi connectivity index (χ2n) is 9.66. The third-order valence-corrected chi connectivity index (χ3v) is 6.79. The van der Waals surface area contributed by atoms with Crippen molar-refractivity contribution in [3.8, 4) is 5.75 Å². The lowest BCUT2D eigenvalue weighted by Crippen LogP contribution is -2.44. The van der Waals surface area contributed by atoms with E-state index < -0.39 is 0 Å². The molecule has 37 heavy (non-hydrogen) atoms. The molecule has 0 aliphatic carbocycles. The molecule has 0 fully saturated rings. The summed E-state index contributed by atoms with van der Waals surface area (Å²) >= 11 is 0. The predicted octanol–water partition coefficient (Wildman–Crippen LogP) is 6.17. The van der Waals surface area contributed by atoms with Gasteiger partial charge in [-0.2, -0.15) is 0 Å². The summed E-state index contributed by atoms with van der Waals surface area (Å²) in [6.45, 7) is 11.1. The first-order chi connectivity index (χ1) is 17.8. The van der Waals surface area contributed by atoms with Crippen LogP contribution in [0.4, 0.5) is 5.69 Å². The minimum Gasteiger partial charge on any atom is -0.485 e. The molecule has 0 radical (unpaired) electrons. The fraction of sp³-hybridized carbons (Fsp3) is 0.355. The number of hydrogen-bond donors (Lipinski definition) is 0. The molecule has 1 atom stereocenters. The Balaban J connectivity index is 1.72. The highest BCUT2D eigenvalue weighted by Gasteiger charge is 2.27. The van der Waals surface area contributed by atoms with Gasteiger partial charge in [-0.05, 0) is 74.6 Å². The lowest BCUT2D eigenvalue weighted by Gasteiger charge is -2.32. The average molecular weight is 500 g/mol. The predicted molar refractivity (Wildman–Crippen MR) is 149 cm³/mol. The van der Waals surface area contributed by atoms with Crippen LogP contribution < -0.4 is 9.64 Å². The first kappa shape index (κ1) is 26.4. The molecule has 0 aliphatic rings. The van der Waals surface area contributed by atoms with E-state index >= 15 is 0 Å². The molecule has 1 unspecified atom stereocenters. The molecule has 4 aromatic rings. The number of rotatable bonds is 10. The molecular formula is C31H37N3O3. The van der Waals surface area contributed by atoms with Crippen LogP contribution in [0.25, 0.3) is 11.0 Å². The van der Waals surface area contributed by atoms with Gasteiger partial charge in [0.2, 0.25) is 5.91 Å². The summed E-state index contributed by atoms with van der Waals surface area (Å²) in [5.74, 6) is 1.53. The minimum atomic E-state index is -0.131. The number of amides is 1. The quantitative estimate of drug-likeness (QED) is 0.262. The normalized spacial score (nSPS) is 12.1. The van der Waals surface area contributed by atoms with E-state index in [1.54, 1.807) is 7.11 Å². The number of imidazole rings is 1. The highest BCUT2D eigenvalue weighted by molar-refractivity contribution is 5.96. The molecule has 194 valence electrons. The summed E-state index contributed by atoms with van der Waals surface area (Å²) in [6, 6.07) is 20.1. The SMILES string of the molecule is CCc1cccc(C)c1N(C(=O)Cn1c(COc2cc(C)ccc2C)nc2ccccc21)C(C)COC. The Morgan fingerprint density at radius 1 is 1.03 bits per heavy atom. The van der Waals surface area contributed by atoms with Crippen LogP contribution in [0.3, 0.4) is 0 Å². The molecule has 1 heterocycles. The van der Waals surface area contributed by atoms with Crippen molar-refractivity contribution in [1.82, 2.24) is 9.55 Å². The van der Waals surface area contributed by atoms with Crippen LogP contribution >= 0.6 is 0 Å². The molecule has 6 nitrogen and oxygen atoms in total. The van der Waals surface area contributed by atoms with E-state index in [9.17, 15) is 4.79 Å². The number of hydrogen-bond acceptors (Lipinski definition) is 4. The van der Waals surface area contributed by atoms with E-state index in [4.69, 9.17) is 14.5 Å². The second-order valence-corrected chi connectivity index (χ2v) is 9.66. The molecule has 0 aliphatic heterocycles. The van der Waals surface area contributed by atoms with E-state index in [1.165, 1.54) is 0 Å². The fourth-order valence-electron chi connectivity index (χ4n) is 4.88. The molecule has 0 saturated heterocycles. The van der Waals surface area contributed by atoms with Crippen LogP contribution in [-0.4, -0.2) is 35.2 Å². The summed E-state index contributed by atoms with van der Waals surface area (Å²) in [7, 11) is 1.67. The highest BCUT2D eigenvalue weighted by atomic mass is 16.5. The zero-order valence-corrected chi connectivity index (χ0v) is 22.7. The third kappa shape index (κ3) is 5.70. The minimum absolute atomic E-state index is 0.00955. The first-order valence-corrected chi connectivity index (χ1v) is 12.9. The van der Waals surface area contributed by atoms with Gasteiger partial charge in [-0.25, -0.2) is 4.98 Å². The van der Waals surface area contributed by atoms with Gasteiger partial charge in [-0.15, -0.1) is 0 Å². The van der Waals surface area contributed by atoms with Crippen LogP contribution in [0.5, 0.6) is 5.75 Å². The van der Waals surface area contributed by atoms with Gasteiger partial charge < -0.3 is 18.9 Å². The molecule has 0 bridgehead atoms. The van der Waals surface area contributed by atoms with Crippen molar-refractivity contribution in [2.45, 2.75) is 60.2 Å². The number of ether oxygens (including phenoxy) is 2. The molecular weight excluding hydrogens is 462 g/mol. The van der Waals surface area contributed by atoms with Gasteiger partial charge in [0.25, 0.3) is 0 Å². The van der Waals surface area contributed by atoms with Gasteiger partial charge in [0.05, 0.1) is 29.4 Å². The first-order valence-electron chi connectivity index (χ1n) is 12.9. The molecule has 0 spiro atoms. The van der Waals surface area contributed by atoms with Gasteiger partial charge in [-0.3, -0.25) is 4.79 Å². The number of aryl methyl sites for hydroxylation is 4. The maximum Gasteiger partial charge on any atom is 0.247 e. The van der Waals surface area contributed by atoms with Crippen molar-refractivity contribution >= 4 is 22.6 Å². The number of fused-ring (bicyclic) bond motifs is 1. The fourth-order valence-corrected chi connectivity index (χ4v) is 4.88. The summed E-state index contributed by atoms with van der Waals surface area (Å²) < 4.78 is 13.7. The Morgan fingerprint density at radius 3 is 2.57 bits per heavy atom. The van der Waals surface area contributed by atoms with Crippen molar-refractivity contribution in [3.63, 3.8) is 0 Å². The molecule has 6 heteroatoms. The van der Waals surface area contributed by atoms with Crippen molar-refractivity contribution < 1.29 is 14.3 Å². The summed E-state index contributed by atoms with van der Waals surface area (Å²) in [6.07, 6.45) is 0.837. The van der Waals surface area contributed by atoms with Gasteiger partial charge in [0.15, 0.2) is 0 Å². The summed E-state index contributed by atoms with van der Waals surface area (Å²) in [5, 5.41) is 0. The van der Waals surface area contributed by atoms with Crippen molar-refractivity contribution in [1.29, 1.82) is 0 Å².